The van der Waals surface area contributed by atoms with Gasteiger partial charge in [0.05, 0.1) is 5.69 Å². The van der Waals surface area contributed by atoms with E-state index in [4.69, 9.17) is 0 Å². The molecule has 3 aromatic rings. The van der Waals surface area contributed by atoms with Crippen molar-refractivity contribution in [3.05, 3.63) is 65.0 Å². The summed E-state index contributed by atoms with van der Waals surface area (Å²) < 4.78 is 15.0. The molecule has 1 aliphatic rings. The van der Waals surface area contributed by atoms with Gasteiger partial charge >= 0.3 is 0 Å². The van der Waals surface area contributed by atoms with Crippen LogP contribution >= 0.6 is 0 Å². The van der Waals surface area contributed by atoms with Crippen molar-refractivity contribution in [2.45, 2.75) is 27.3 Å². The number of aromatic nitrogens is 4. The molecule has 2 aromatic heterocycles. The Morgan fingerprint density at radius 2 is 1.57 bits per heavy atom. The van der Waals surface area contributed by atoms with E-state index < -0.39 is 0 Å². The Hall–Kier alpha value is -2.80. The molecule has 1 aromatic carbocycles. The molecule has 0 amide bonds. The number of piperazine rings is 1. The molecule has 0 spiro atoms. The van der Waals surface area contributed by atoms with Crippen LogP contribution in [0.4, 0.5) is 10.2 Å². The summed E-state index contributed by atoms with van der Waals surface area (Å²) in [4.78, 5) is 13.9. The van der Waals surface area contributed by atoms with Crippen molar-refractivity contribution in [3.63, 3.8) is 0 Å². The zero-order valence-corrected chi connectivity index (χ0v) is 16.6. The molecule has 0 radical (unpaired) electrons. The Bertz CT molecular complexity index is 958. The van der Waals surface area contributed by atoms with Gasteiger partial charge in [-0.2, -0.15) is 5.10 Å². The maximum atomic E-state index is 13.1. The van der Waals surface area contributed by atoms with Crippen LogP contribution in [0.2, 0.25) is 0 Å². The van der Waals surface area contributed by atoms with Gasteiger partial charge in [-0.3, -0.25) is 4.90 Å². The summed E-state index contributed by atoms with van der Waals surface area (Å²) in [5, 5.41) is 4.55. The SMILES string of the molecule is Cc1cc(C)n(-c2cc(N3CCN(Cc4ccc(F)cc4)CC3)nc(C)n2)n1. The van der Waals surface area contributed by atoms with E-state index in [-0.39, 0.29) is 5.82 Å². The highest BCUT2D eigenvalue weighted by molar-refractivity contribution is 5.45. The molecule has 146 valence electrons. The third-order valence-electron chi connectivity index (χ3n) is 5.05. The quantitative estimate of drug-likeness (QED) is 0.696. The minimum absolute atomic E-state index is 0.189. The number of benzene rings is 1. The molecule has 0 saturated carbocycles. The van der Waals surface area contributed by atoms with Gasteiger partial charge in [0.2, 0.25) is 0 Å². The topological polar surface area (TPSA) is 50.1 Å². The molecule has 6 nitrogen and oxygen atoms in total. The first-order valence-electron chi connectivity index (χ1n) is 9.59. The van der Waals surface area contributed by atoms with Gasteiger partial charge in [0.15, 0.2) is 5.82 Å². The fraction of sp³-hybridized carbons (Fsp3) is 0.381. The molecule has 1 saturated heterocycles. The lowest BCUT2D eigenvalue weighted by Gasteiger charge is -2.35. The first-order chi connectivity index (χ1) is 13.5. The predicted molar refractivity (Wildman–Crippen MR) is 107 cm³/mol. The lowest BCUT2D eigenvalue weighted by molar-refractivity contribution is 0.249. The van der Waals surface area contributed by atoms with Gasteiger partial charge in [-0.15, -0.1) is 0 Å². The predicted octanol–water partition coefficient (Wildman–Crippen LogP) is 3.05. The molecule has 3 heterocycles. The molecule has 4 rings (SSSR count). The fourth-order valence-corrected chi connectivity index (χ4v) is 3.65. The highest BCUT2D eigenvalue weighted by Crippen LogP contribution is 2.19. The number of hydrogen-bond acceptors (Lipinski definition) is 5. The number of halogens is 1. The van der Waals surface area contributed by atoms with Crippen LogP contribution in [0.5, 0.6) is 0 Å². The first-order valence-corrected chi connectivity index (χ1v) is 9.59. The molecular formula is C21H25FN6. The largest absolute Gasteiger partial charge is 0.354 e. The van der Waals surface area contributed by atoms with Gasteiger partial charge in [-0.05, 0) is 44.5 Å². The van der Waals surface area contributed by atoms with Crippen molar-refractivity contribution in [2.75, 3.05) is 31.1 Å². The van der Waals surface area contributed by atoms with Crippen LogP contribution in [0.25, 0.3) is 5.82 Å². The summed E-state index contributed by atoms with van der Waals surface area (Å²) in [6, 6.07) is 10.8. The normalized spacial score (nSPS) is 15.2. The summed E-state index contributed by atoms with van der Waals surface area (Å²) >= 11 is 0. The second kappa shape index (κ2) is 7.67. The molecule has 28 heavy (non-hydrogen) atoms. The molecule has 0 bridgehead atoms. The smallest absolute Gasteiger partial charge is 0.159 e. The fourth-order valence-electron chi connectivity index (χ4n) is 3.65. The zero-order chi connectivity index (χ0) is 19.7. The molecular weight excluding hydrogens is 355 g/mol. The van der Waals surface area contributed by atoms with E-state index in [1.165, 1.54) is 12.1 Å². The number of hydrogen-bond donors (Lipinski definition) is 0. The molecule has 0 unspecified atom stereocenters. The van der Waals surface area contributed by atoms with Crippen molar-refractivity contribution in [3.8, 4) is 5.82 Å². The lowest BCUT2D eigenvalue weighted by Crippen LogP contribution is -2.46. The summed E-state index contributed by atoms with van der Waals surface area (Å²) in [5.41, 5.74) is 3.18. The van der Waals surface area contributed by atoms with Crippen LogP contribution in [0.1, 0.15) is 22.8 Å². The van der Waals surface area contributed by atoms with Crippen LogP contribution in [0, 0.1) is 26.6 Å². The van der Waals surface area contributed by atoms with Gasteiger partial charge in [0.25, 0.3) is 0 Å². The van der Waals surface area contributed by atoms with Gasteiger partial charge in [0.1, 0.15) is 17.5 Å². The minimum Gasteiger partial charge on any atom is -0.354 e. The molecule has 0 aliphatic carbocycles. The van der Waals surface area contributed by atoms with Crippen molar-refractivity contribution in [1.29, 1.82) is 0 Å². The van der Waals surface area contributed by atoms with E-state index in [0.29, 0.717) is 0 Å². The lowest BCUT2D eigenvalue weighted by atomic mass is 10.2. The van der Waals surface area contributed by atoms with Crippen molar-refractivity contribution in [1.82, 2.24) is 24.6 Å². The Balaban J connectivity index is 1.46. The van der Waals surface area contributed by atoms with Gasteiger partial charge in [-0.25, -0.2) is 19.0 Å². The first kappa shape index (κ1) is 18.6. The molecule has 1 aliphatic heterocycles. The zero-order valence-electron chi connectivity index (χ0n) is 16.6. The highest BCUT2D eigenvalue weighted by Gasteiger charge is 2.20. The van der Waals surface area contributed by atoms with Crippen molar-refractivity contribution in [2.24, 2.45) is 0 Å². The van der Waals surface area contributed by atoms with Crippen LogP contribution in [0.3, 0.4) is 0 Å². The van der Waals surface area contributed by atoms with E-state index >= 15 is 0 Å². The van der Waals surface area contributed by atoms with E-state index in [2.05, 4.69) is 24.9 Å². The second-order valence-electron chi connectivity index (χ2n) is 7.36. The number of anilines is 1. The standard InChI is InChI=1S/C21H25FN6/c1-15-12-16(2)28(25-15)21-13-20(23-17(3)24-21)27-10-8-26(9-11-27)14-18-4-6-19(22)7-5-18/h4-7,12-13H,8-11,14H2,1-3H3. The number of nitrogens with zero attached hydrogens (tertiary/aromatic N) is 6. The number of rotatable bonds is 4. The van der Waals surface area contributed by atoms with Gasteiger partial charge in [0, 0.05) is 44.5 Å². The summed E-state index contributed by atoms with van der Waals surface area (Å²) in [6.07, 6.45) is 0. The molecule has 0 atom stereocenters. The summed E-state index contributed by atoms with van der Waals surface area (Å²) in [5.74, 6) is 2.30. The average molecular weight is 380 g/mol. The maximum Gasteiger partial charge on any atom is 0.159 e. The molecule has 1 fully saturated rings. The van der Waals surface area contributed by atoms with Crippen LogP contribution in [-0.4, -0.2) is 50.8 Å². The second-order valence-corrected chi connectivity index (χ2v) is 7.36. The Labute approximate surface area is 164 Å². The molecule has 0 N–H and O–H groups in total. The minimum atomic E-state index is -0.189. The third kappa shape index (κ3) is 4.04. The highest BCUT2D eigenvalue weighted by atomic mass is 19.1. The summed E-state index contributed by atoms with van der Waals surface area (Å²) in [6.45, 7) is 10.5. The average Bonchev–Trinajstić information content (AvgIpc) is 3.02. The Kier molecular flexibility index (Phi) is 5.09. The van der Waals surface area contributed by atoms with Crippen LogP contribution < -0.4 is 4.90 Å². The van der Waals surface area contributed by atoms with Crippen molar-refractivity contribution >= 4 is 5.82 Å². The third-order valence-corrected chi connectivity index (χ3v) is 5.05. The van der Waals surface area contributed by atoms with Gasteiger partial charge in [-0.1, -0.05) is 12.1 Å². The van der Waals surface area contributed by atoms with E-state index in [9.17, 15) is 4.39 Å². The van der Waals surface area contributed by atoms with E-state index in [1.54, 1.807) is 0 Å². The van der Waals surface area contributed by atoms with E-state index in [0.717, 1.165) is 67.1 Å². The van der Waals surface area contributed by atoms with Crippen LogP contribution in [-0.2, 0) is 6.54 Å². The van der Waals surface area contributed by atoms with Gasteiger partial charge < -0.3 is 4.90 Å². The van der Waals surface area contributed by atoms with E-state index in [1.807, 2.05) is 49.7 Å². The number of aryl methyl sites for hydroxylation is 3. The Morgan fingerprint density at radius 3 is 2.21 bits per heavy atom. The van der Waals surface area contributed by atoms with Crippen LogP contribution in [0.15, 0.2) is 36.4 Å². The monoisotopic (exact) mass is 380 g/mol. The maximum absolute atomic E-state index is 13.1. The summed E-state index contributed by atoms with van der Waals surface area (Å²) in [7, 11) is 0. The molecule has 7 heteroatoms. The Morgan fingerprint density at radius 1 is 0.893 bits per heavy atom. The van der Waals surface area contributed by atoms with Crippen molar-refractivity contribution < 1.29 is 4.39 Å².